The molecule has 0 aliphatic carbocycles. The first-order valence-corrected chi connectivity index (χ1v) is 16.8. The van der Waals surface area contributed by atoms with Gasteiger partial charge >= 0.3 is 0 Å². The van der Waals surface area contributed by atoms with Crippen molar-refractivity contribution in [3.05, 3.63) is 108 Å². The van der Waals surface area contributed by atoms with Crippen LogP contribution < -0.4 is 0 Å². The van der Waals surface area contributed by atoms with E-state index in [-0.39, 0.29) is 6.61 Å². The van der Waals surface area contributed by atoms with E-state index in [1.54, 1.807) is 7.11 Å². The zero-order chi connectivity index (χ0) is 26.8. The van der Waals surface area contributed by atoms with Crippen molar-refractivity contribution in [1.29, 1.82) is 0 Å². The van der Waals surface area contributed by atoms with Crippen LogP contribution >= 0.6 is 11.1 Å². The smallest absolute Gasteiger partial charge is 0.283 e. The molecule has 6 nitrogen and oxygen atoms in total. The van der Waals surface area contributed by atoms with Gasteiger partial charge in [0.05, 0.1) is 26.4 Å². The first-order valence-electron chi connectivity index (χ1n) is 12.9. The first kappa shape index (κ1) is 28.9. The van der Waals surface area contributed by atoms with Crippen LogP contribution in [0.1, 0.15) is 16.7 Å². The summed E-state index contributed by atoms with van der Waals surface area (Å²) in [5.41, 5.74) is 3.15. The van der Waals surface area contributed by atoms with Crippen LogP contribution in [-0.2, 0) is 47.9 Å². The highest BCUT2D eigenvalue weighted by molar-refractivity contribution is 7.15. The molecule has 3 aromatic carbocycles. The van der Waals surface area contributed by atoms with Crippen LogP contribution in [0.15, 0.2) is 91.0 Å². The number of benzene rings is 3. The molecule has 38 heavy (non-hydrogen) atoms. The normalized spacial score (nSPS) is 23.8. The Bertz CT molecular complexity index is 1070. The molecule has 0 bridgehead atoms. The van der Waals surface area contributed by atoms with Gasteiger partial charge in [0.2, 0.25) is 0 Å². The van der Waals surface area contributed by atoms with Crippen molar-refractivity contribution in [2.24, 2.45) is 0 Å². The average molecular weight is 557 g/mol. The first-order chi connectivity index (χ1) is 18.4. The van der Waals surface area contributed by atoms with Gasteiger partial charge in [0.15, 0.2) is 6.29 Å². The predicted molar refractivity (Wildman–Crippen MR) is 150 cm³/mol. The Morgan fingerprint density at radius 3 is 1.50 bits per heavy atom. The van der Waals surface area contributed by atoms with E-state index in [2.05, 4.69) is 0 Å². The van der Waals surface area contributed by atoms with Crippen molar-refractivity contribution in [2.45, 2.75) is 63.6 Å². The number of methoxy groups -OCH3 is 1. The number of ether oxygens (including phenoxy) is 5. The number of rotatable bonds is 13. The highest BCUT2D eigenvalue weighted by Crippen LogP contribution is 2.31. The molecule has 8 heteroatoms. The number of halogens is 1. The molecule has 204 valence electrons. The summed E-state index contributed by atoms with van der Waals surface area (Å²) < 4.78 is 37.8. The Labute approximate surface area is 231 Å². The lowest BCUT2D eigenvalue weighted by Gasteiger charge is -2.45. The molecule has 5 atom stereocenters. The quantitative estimate of drug-likeness (QED) is 0.188. The van der Waals surface area contributed by atoms with Crippen molar-refractivity contribution in [1.82, 2.24) is 0 Å². The van der Waals surface area contributed by atoms with E-state index in [9.17, 15) is 0 Å². The molecule has 0 saturated carbocycles. The van der Waals surface area contributed by atoms with Gasteiger partial charge in [-0.1, -0.05) is 91.0 Å². The van der Waals surface area contributed by atoms with Gasteiger partial charge < -0.3 is 28.1 Å². The lowest BCUT2D eigenvalue weighted by atomic mass is 9.98. The molecule has 1 aliphatic heterocycles. The highest BCUT2D eigenvalue weighted by Gasteiger charge is 2.49. The molecule has 1 heterocycles. The van der Waals surface area contributed by atoms with Crippen molar-refractivity contribution in [3.63, 3.8) is 0 Å². The van der Waals surface area contributed by atoms with Gasteiger partial charge in [-0.3, -0.25) is 0 Å². The summed E-state index contributed by atoms with van der Waals surface area (Å²) in [6, 6.07) is 30.1. The van der Waals surface area contributed by atoms with E-state index in [1.807, 2.05) is 104 Å². The minimum Gasteiger partial charge on any atom is -0.400 e. The molecule has 0 amide bonds. The molecule has 1 saturated heterocycles. The van der Waals surface area contributed by atoms with Gasteiger partial charge in [-0.2, -0.15) is 0 Å². The van der Waals surface area contributed by atoms with Crippen LogP contribution in [0.2, 0.25) is 13.1 Å². The van der Waals surface area contributed by atoms with E-state index in [1.165, 1.54) is 0 Å². The summed E-state index contributed by atoms with van der Waals surface area (Å²) in [5.74, 6) is 0. The fourth-order valence-corrected chi connectivity index (χ4v) is 5.10. The van der Waals surface area contributed by atoms with Crippen molar-refractivity contribution in [3.8, 4) is 0 Å². The van der Waals surface area contributed by atoms with E-state index in [0.717, 1.165) is 16.7 Å². The standard InChI is InChI=1S/C30H37ClO6Si/c1-32-30-29(35-21-25-17-11-6-12-18-25)28(34-20-24-15-9-5-10-16-24)27(26(37-30)22-36-38(2,3)31)33-19-23-13-7-4-8-14-23/h4-18,26-30H,19-22H2,1-3H3/t26-,27-,28+,29-,30+/m1/s1. The minimum absolute atomic E-state index is 0.263. The van der Waals surface area contributed by atoms with Gasteiger partial charge in [0.1, 0.15) is 24.4 Å². The molecule has 0 spiro atoms. The van der Waals surface area contributed by atoms with Gasteiger partial charge in [-0.25, -0.2) is 0 Å². The second-order valence-corrected chi connectivity index (χ2v) is 15.5. The maximum atomic E-state index is 6.58. The third kappa shape index (κ3) is 8.73. The second-order valence-electron chi connectivity index (χ2n) is 9.74. The van der Waals surface area contributed by atoms with Crippen LogP contribution in [0, 0.1) is 0 Å². The monoisotopic (exact) mass is 556 g/mol. The van der Waals surface area contributed by atoms with Crippen molar-refractivity contribution in [2.75, 3.05) is 13.7 Å². The summed E-state index contributed by atoms with van der Waals surface area (Å²) in [6.07, 6.45) is -2.66. The second kappa shape index (κ2) is 14.4. The highest BCUT2D eigenvalue weighted by atomic mass is 35.6. The Morgan fingerprint density at radius 2 is 1.08 bits per heavy atom. The molecular weight excluding hydrogens is 520 g/mol. The molecule has 1 aliphatic rings. The van der Waals surface area contributed by atoms with Gasteiger partial charge in [-0.15, -0.1) is 11.1 Å². The summed E-state index contributed by atoms with van der Waals surface area (Å²) in [7, 11) is -0.723. The van der Waals surface area contributed by atoms with Crippen LogP contribution in [0.3, 0.4) is 0 Å². The fourth-order valence-electron chi connectivity index (χ4n) is 4.35. The topological polar surface area (TPSA) is 55.4 Å². The van der Waals surface area contributed by atoms with Crippen LogP contribution in [-0.4, -0.2) is 52.0 Å². The maximum Gasteiger partial charge on any atom is 0.283 e. The number of hydrogen-bond acceptors (Lipinski definition) is 6. The fraction of sp³-hybridized carbons (Fsp3) is 0.400. The zero-order valence-corrected chi connectivity index (χ0v) is 24.0. The Morgan fingerprint density at radius 1 is 0.658 bits per heavy atom. The summed E-state index contributed by atoms with van der Waals surface area (Å²) >= 11 is 6.50. The van der Waals surface area contributed by atoms with Crippen LogP contribution in [0.5, 0.6) is 0 Å². The molecule has 1 fully saturated rings. The van der Waals surface area contributed by atoms with Crippen LogP contribution in [0.4, 0.5) is 0 Å². The van der Waals surface area contributed by atoms with E-state index < -0.39 is 38.3 Å². The third-order valence-corrected chi connectivity index (χ3v) is 7.45. The molecule has 3 aromatic rings. The maximum absolute atomic E-state index is 6.58. The Kier molecular flexibility index (Phi) is 10.9. The third-order valence-electron chi connectivity index (χ3n) is 6.27. The molecular formula is C30H37ClO6Si. The van der Waals surface area contributed by atoms with Crippen LogP contribution in [0.25, 0.3) is 0 Å². The minimum atomic E-state index is -2.34. The van der Waals surface area contributed by atoms with E-state index >= 15 is 0 Å². The Hall–Kier alpha value is -2.07. The lowest BCUT2D eigenvalue weighted by molar-refractivity contribution is -0.320. The van der Waals surface area contributed by atoms with Crippen molar-refractivity contribution < 1.29 is 28.1 Å². The average Bonchev–Trinajstić information content (AvgIpc) is 2.94. The van der Waals surface area contributed by atoms with Gasteiger partial charge in [0, 0.05) is 7.11 Å². The molecule has 0 unspecified atom stereocenters. The van der Waals surface area contributed by atoms with E-state index in [4.69, 9.17) is 39.2 Å². The Balaban J connectivity index is 1.60. The zero-order valence-electron chi connectivity index (χ0n) is 22.2. The van der Waals surface area contributed by atoms with E-state index in [0.29, 0.717) is 19.8 Å². The van der Waals surface area contributed by atoms with Gasteiger partial charge in [0.25, 0.3) is 7.63 Å². The van der Waals surface area contributed by atoms with Crippen molar-refractivity contribution >= 4 is 18.7 Å². The molecule has 0 radical (unpaired) electrons. The molecule has 0 N–H and O–H groups in total. The predicted octanol–water partition coefficient (Wildman–Crippen LogP) is 6.07. The lowest BCUT2D eigenvalue weighted by Crippen LogP contribution is -2.62. The SMILES string of the molecule is CO[C@H]1O[C@H](CO[Si](C)(C)Cl)[C@@H](OCc2ccccc2)[C@H](OCc2ccccc2)[C@H]1OCc1ccccc1. The summed E-state index contributed by atoms with van der Waals surface area (Å²) in [5, 5.41) is 0. The molecule has 0 aromatic heterocycles. The van der Waals surface area contributed by atoms with Gasteiger partial charge in [-0.05, 0) is 29.8 Å². The summed E-state index contributed by atoms with van der Waals surface area (Å²) in [4.78, 5) is 0. The largest absolute Gasteiger partial charge is 0.400 e. The molecule has 4 rings (SSSR count). The number of hydrogen-bond donors (Lipinski definition) is 0. The summed E-state index contributed by atoms with van der Waals surface area (Å²) in [6.45, 7) is 5.29.